The molecule has 0 aromatic heterocycles. The Labute approximate surface area is 118 Å². The Morgan fingerprint density at radius 2 is 1.79 bits per heavy atom. The minimum atomic E-state index is 0.524. The van der Waals surface area contributed by atoms with Gasteiger partial charge in [-0.1, -0.05) is 32.6 Å². The average molecular weight is 269 g/mol. The van der Waals surface area contributed by atoms with Crippen molar-refractivity contribution in [2.24, 2.45) is 4.99 Å². The zero-order chi connectivity index (χ0) is 13.8. The van der Waals surface area contributed by atoms with Crippen molar-refractivity contribution in [2.45, 2.75) is 64.4 Å². The van der Waals surface area contributed by atoms with Crippen molar-refractivity contribution in [1.82, 2.24) is 10.6 Å². The molecule has 1 rings (SSSR count). The van der Waals surface area contributed by atoms with Crippen molar-refractivity contribution in [3.63, 3.8) is 0 Å². The van der Waals surface area contributed by atoms with Crippen molar-refractivity contribution in [3.05, 3.63) is 0 Å². The molecular weight excluding hydrogens is 238 g/mol. The van der Waals surface area contributed by atoms with Crippen LogP contribution in [0.4, 0.5) is 0 Å². The zero-order valence-corrected chi connectivity index (χ0v) is 12.7. The first-order chi connectivity index (χ1) is 9.36. The standard InChI is InChI=1S/C15H31N3O/c1-3-4-11-17-15(16-2)18-12-8-13-19-14-9-6-5-7-10-14/h14H,3-13H2,1-2H3,(H2,16,17,18). The molecule has 0 atom stereocenters. The van der Waals surface area contributed by atoms with Crippen LogP contribution in [0, 0.1) is 0 Å². The maximum Gasteiger partial charge on any atom is 0.190 e. The summed E-state index contributed by atoms with van der Waals surface area (Å²) in [5, 5.41) is 6.63. The van der Waals surface area contributed by atoms with E-state index in [1.54, 1.807) is 0 Å². The molecule has 0 radical (unpaired) electrons. The van der Waals surface area contributed by atoms with Crippen molar-refractivity contribution in [3.8, 4) is 0 Å². The van der Waals surface area contributed by atoms with Crippen LogP contribution in [0.15, 0.2) is 4.99 Å². The van der Waals surface area contributed by atoms with Gasteiger partial charge in [0.25, 0.3) is 0 Å². The molecule has 0 heterocycles. The average Bonchev–Trinajstić information content (AvgIpc) is 2.46. The van der Waals surface area contributed by atoms with E-state index in [1.807, 2.05) is 7.05 Å². The Kier molecular flexibility index (Phi) is 9.51. The van der Waals surface area contributed by atoms with E-state index in [9.17, 15) is 0 Å². The molecule has 0 aromatic rings. The SMILES string of the molecule is CCCCNC(=NC)NCCCOC1CCCCC1. The lowest BCUT2D eigenvalue weighted by Gasteiger charge is -2.22. The highest BCUT2D eigenvalue weighted by molar-refractivity contribution is 5.79. The molecule has 0 spiro atoms. The Hall–Kier alpha value is -0.770. The maximum atomic E-state index is 5.90. The van der Waals surface area contributed by atoms with Gasteiger partial charge in [-0.05, 0) is 25.7 Å². The lowest BCUT2D eigenvalue weighted by molar-refractivity contribution is 0.0277. The van der Waals surface area contributed by atoms with Gasteiger partial charge in [-0.25, -0.2) is 0 Å². The number of unbranched alkanes of at least 4 members (excludes halogenated alkanes) is 1. The Balaban J connectivity index is 1.96. The van der Waals surface area contributed by atoms with Gasteiger partial charge in [-0.15, -0.1) is 0 Å². The second-order valence-corrected chi connectivity index (χ2v) is 5.26. The fraction of sp³-hybridized carbons (Fsp3) is 0.933. The summed E-state index contributed by atoms with van der Waals surface area (Å²) >= 11 is 0. The number of nitrogens with zero attached hydrogens (tertiary/aromatic N) is 1. The number of guanidine groups is 1. The lowest BCUT2D eigenvalue weighted by atomic mass is 9.98. The summed E-state index contributed by atoms with van der Waals surface area (Å²) in [6.45, 7) is 4.98. The molecule has 0 amide bonds. The summed E-state index contributed by atoms with van der Waals surface area (Å²) in [7, 11) is 1.82. The Bertz CT molecular complexity index is 238. The predicted octanol–water partition coefficient (Wildman–Crippen LogP) is 2.69. The monoisotopic (exact) mass is 269 g/mol. The molecule has 0 aromatic carbocycles. The van der Waals surface area contributed by atoms with Crippen LogP contribution in [0.1, 0.15) is 58.3 Å². The summed E-state index contributed by atoms with van der Waals surface area (Å²) in [6.07, 6.45) is 10.6. The predicted molar refractivity (Wildman–Crippen MR) is 81.7 cm³/mol. The Morgan fingerprint density at radius 1 is 1.11 bits per heavy atom. The molecule has 4 heteroatoms. The molecule has 0 bridgehead atoms. The first-order valence-corrected chi connectivity index (χ1v) is 7.93. The summed E-state index contributed by atoms with van der Waals surface area (Å²) in [6, 6.07) is 0. The van der Waals surface area contributed by atoms with Crippen LogP contribution in [0.5, 0.6) is 0 Å². The van der Waals surface area contributed by atoms with Gasteiger partial charge < -0.3 is 15.4 Å². The van der Waals surface area contributed by atoms with Crippen LogP contribution >= 0.6 is 0 Å². The lowest BCUT2D eigenvalue weighted by Crippen LogP contribution is -2.38. The summed E-state index contributed by atoms with van der Waals surface area (Å²) in [5.74, 6) is 0.908. The fourth-order valence-electron chi connectivity index (χ4n) is 2.36. The minimum absolute atomic E-state index is 0.524. The van der Waals surface area contributed by atoms with E-state index < -0.39 is 0 Å². The maximum absolute atomic E-state index is 5.90. The molecular formula is C15H31N3O. The number of nitrogens with one attached hydrogen (secondary N) is 2. The van der Waals surface area contributed by atoms with Crippen LogP contribution in [0.25, 0.3) is 0 Å². The normalized spacial score (nSPS) is 17.5. The highest BCUT2D eigenvalue weighted by atomic mass is 16.5. The second-order valence-electron chi connectivity index (χ2n) is 5.26. The van der Waals surface area contributed by atoms with E-state index in [2.05, 4.69) is 22.5 Å². The summed E-state index contributed by atoms with van der Waals surface area (Å²) in [5.41, 5.74) is 0. The Morgan fingerprint density at radius 3 is 2.42 bits per heavy atom. The van der Waals surface area contributed by atoms with Gasteiger partial charge in [0.2, 0.25) is 0 Å². The van der Waals surface area contributed by atoms with E-state index in [0.29, 0.717) is 6.10 Å². The van der Waals surface area contributed by atoms with Gasteiger partial charge in [0.05, 0.1) is 6.10 Å². The summed E-state index contributed by atoms with van der Waals surface area (Å²) in [4.78, 5) is 4.20. The molecule has 4 nitrogen and oxygen atoms in total. The molecule has 1 fully saturated rings. The van der Waals surface area contributed by atoms with E-state index in [-0.39, 0.29) is 0 Å². The van der Waals surface area contributed by atoms with Crippen molar-refractivity contribution >= 4 is 5.96 Å². The number of ether oxygens (including phenoxy) is 1. The van der Waals surface area contributed by atoms with Gasteiger partial charge in [0, 0.05) is 26.7 Å². The molecule has 2 N–H and O–H groups in total. The van der Waals surface area contributed by atoms with Gasteiger partial charge in [-0.2, -0.15) is 0 Å². The number of hydrogen-bond acceptors (Lipinski definition) is 2. The molecule has 112 valence electrons. The number of hydrogen-bond donors (Lipinski definition) is 2. The first kappa shape index (κ1) is 16.3. The zero-order valence-electron chi connectivity index (χ0n) is 12.7. The smallest absolute Gasteiger partial charge is 0.190 e. The van der Waals surface area contributed by atoms with Crippen molar-refractivity contribution in [1.29, 1.82) is 0 Å². The van der Waals surface area contributed by atoms with Gasteiger partial charge in [-0.3, -0.25) is 4.99 Å². The van der Waals surface area contributed by atoms with E-state index >= 15 is 0 Å². The quantitative estimate of drug-likeness (QED) is 0.404. The molecule has 1 aliphatic carbocycles. The van der Waals surface area contributed by atoms with Crippen LogP contribution in [0.3, 0.4) is 0 Å². The highest BCUT2D eigenvalue weighted by Crippen LogP contribution is 2.20. The van der Waals surface area contributed by atoms with Crippen LogP contribution < -0.4 is 10.6 Å². The number of rotatable bonds is 8. The first-order valence-electron chi connectivity index (χ1n) is 7.93. The molecule has 1 saturated carbocycles. The van der Waals surface area contributed by atoms with Crippen molar-refractivity contribution < 1.29 is 4.74 Å². The van der Waals surface area contributed by atoms with Gasteiger partial charge >= 0.3 is 0 Å². The van der Waals surface area contributed by atoms with Crippen LogP contribution in [-0.2, 0) is 4.74 Å². The van der Waals surface area contributed by atoms with Crippen molar-refractivity contribution in [2.75, 3.05) is 26.7 Å². The van der Waals surface area contributed by atoms with E-state index in [1.165, 1.54) is 44.9 Å². The minimum Gasteiger partial charge on any atom is -0.378 e. The van der Waals surface area contributed by atoms with E-state index in [0.717, 1.165) is 32.1 Å². The molecule has 19 heavy (non-hydrogen) atoms. The third-order valence-electron chi connectivity index (χ3n) is 3.57. The fourth-order valence-corrected chi connectivity index (χ4v) is 2.36. The largest absolute Gasteiger partial charge is 0.378 e. The van der Waals surface area contributed by atoms with Gasteiger partial charge in [0.1, 0.15) is 0 Å². The van der Waals surface area contributed by atoms with E-state index in [4.69, 9.17) is 4.74 Å². The molecule has 0 unspecified atom stereocenters. The van der Waals surface area contributed by atoms with Crippen LogP contribution in [0.2, 0.25) is 0 Å². The third-order valence-corrected chi connectivity index (χ3v) is 3.57. The third kappa shape index (κ3) is 8.09. The second kappa shape index (κ2) is 11.1. The molecule has 0 aliphatic heterocycles. The highest BCUT2D eigenvalue weighted by Gasteiger charge is 2.12. The number of aliphatic imine (C=N–C) groups is 1. The molecule has 1 aliphatic rings. The van der Waals surface area contributed by atoms with Crippen LogP contribution in [-0.4, -0.2) is 38.8 Å². The molecule has 0 saturated heterocycles. The summed E-state index contributed by atoms with van der Waals surface area (Å²) < 4.78 is 5.90. The van der Waals surface area contributed by atoms with Gasteiger partial charge in [0.15, 0.2) is 5.96 Å². The topological polar surface area (TPSA) is 45.7 Å².